The molecule has 0 spiro atoms. The highest BCUT2D eigenvalue weighted by atomic mass is 16.5. The zero-order valence-electron chi connectivity index (χ0n) is 10.9. The summed E-state index contributed by atoms with van der Waals surface area (Å²) in [6.07, 6.45) is 7.64. The van der Waals surface area contributed by atoms with Crippen molar-refractivity contribution in [2.24, 2.45) is 0 Å². The highest BCUT2D eigenvalue weighted by Gasteiger charge is 2.14. The van der Waals surface area contributed by atoms with Crippen LogP contribution in [0.15, 0.2) is 18.2 Å². The second-order valence-electron chi connectivity index (χ2n) is 5.04. The highest BCUT2D eigenvalue weighted by molar-refractivity contribution is 5.99. The first-order valence-corrected chi connectivity index (χ1v) is 6.74. The largest absolute Gasteiger partial charge is 0.490 e. The summed E-state index contributed by atoms with van der Waals surface area (Å²) >= 11 is 0. The molecule has 2 rings (SSSR count). The molecule has 3 heteroatoms. The van der Waals surface area contributed by atoms with Crippen LogP contribution in [0.25, 0.3) is 0 Å². The zero-order chi connectivity index (χ0) is 13.0. The Kier molecular flexibility index (Phi) is 4.24. The molecule has 1 aromatic rings. The molecule has 18 heavy (non-hydrogen) atoms. The summed E-state index contributed by atoms with van der Waals surface area (Å²) in [6, 6.07) is 5.36. The van der Waals surface area contributed by atoms with E-state index in [4.69, 9.17) is 10.5 Å². The maximum Gasteiger partial charge on any atom is 0.161 e. The summed E-state index contributed by atoms with van der Waals surface area (Å²) in [4.78, 5) is 11.3. The number of anilines is 1. The molecule has 0 saturated heterocycles. The SMILES string of the molecule is CC(=O)c1ccc(OC2CCCCCC2)cc1N. The molecule has 0 bridgehead atoms. The number of hydrogen-bond acceptors (Lipinski definition) is 3. The molecular formula is C15H21NO2. The molecule has 1 aromatic carbocycles. The Bertz CT molecular complexity index is 421. The van der Waals surface area contributed by atoms with E-state index in [1.54, 1.807) is 12.1 Å². The molecule has 0 aromatic heterocycles. The topological polar surface area (TPSA) is 52.3 Å². The lowest BCUT2D eigenvalue weighted by molar-refractivity contribution is 0.101. The average molecular weight is 247 g/mol. The summed E-state index contributed by atoms with van der Waals surface area (Å²) in [6.45, 7) is 1.53. The number of ether oxygens (including phenoxy) is 1. The first-order chi connectivity index (χ1) is 8.66. The molecule has 0 amide bonds. The number of hydrogen-bond donors (Lipinski definition) is 1. The molecule has 0 aliphatic heterocycles. The van der Waals surface area contributed by atoms with E-state index in [0.717, 1.165) is 18.6 Å². The summed E-state index contributed by atoms with van der Waals surface area (Å²) in [5, 5.41) is 0. The van der Waals surface area contributed by atoms with Crippen molar-refractivity contribution in [2.75, 3.05) is 5.73 Å². The molecule has 0 radical (unpaired) electrons. The van der Waals surface area contributed by atoms with Gasteiger partial charge in [0.2, 0.25) is 0 Å². The quantitative estimate of drug-likeness (QED) is 0.504. The van der Waals surface area contributed by atoms with E-state index in [9.17, 15) is 4.79 Å². The molecule has 0 atom stereocenters. The standard InChI is InChI=1S/C15H21NO2/c1-11(17)14-9-8-13(10-15(14)16)18-12-6-4-2-3-5-7-12/h8-10,12H,2-7,16H2,1H3. The maximum atomic E-state index is 11.3. The fraction of sp³-hybridized carbons (Fsp3) is 0.533. The minimum Gasteiger partial charge on any atom is -0.490 e. The van der Waals surface area contributed by atoms with Gasteiger partial charge in [0.25, 0.3) is 0 Å². The van der Waals surface area contributed by atoms with Gasteiger partial charge in [-0.05, 0) is 44.7 Å². The normalized spacial score (nSPS) is 17.2. The van der Waals surface area contributed by atoms with E-state index < -0.39 is 0 Å². The third kappa shape index (κ3) is 3.25. The van der Waals surface area contributed by atoms with Crippen LogP contribution >= 0.6 is 0 Å². The minimum atomic E-state index is -0.00600. The van der Waals surface area contributed by atoms with Crippen LogP contribution in [0.1, 0.15) is 55.8 Å². The van der Waals surface area contributed by atoms with Crippen molar-refractivity contribution in [3.05, 3.63) is 23.8 Å². The molecule has 1 aliphatic carbocycles. The third-order valence-corrected chi connectivity index (χ3v) is 3.51. The van der Waals surface area contributed by atoms with Crippen molar-refractivity contribution in [1.29, 1.82) is 0 Å². The maximum absolute atomic E-state index is 11.3. The van der Waals surface area contributed by atoms with E-state index in [1.807, 2.05) is 6.07 Å². The zero-order valence-corrected chi connectivity index (χ0v) is 10.9. The van der Waals surface area contributed by atoms with Gasteiger partial charge in [-0.1, -0.05) is 12.8 Å². The fourth-order valence-corrected chi connectivity index (χ4v) is 2.49. The molecule has 1 saturated carbocycles. The second-order valence-corrected chi connectivity index (χ2v) is 5.04. The van der Waals surface area contributed by atoms with Crippen molar-refractivity contribution in [1.82, 2.24) is 0 Å². The summed E-state index contributed by atoms with van der Waals surface area (Å²) in [5.41, 5.74) is 6.94. The smallest absolute Gasteiger partial charge is 0.161 e. The Labute approximate surface area is 108 Å². The number of benzene rings is 1. The van der Waals surface area contributed by atoms with Gasteiger partial charge in [0.1, 0.15) is 5.75 Å². The number of rotatable bonds is 3. The Morgan fingerprint density at radius 2 is 1.89 bits per heavy atom. The molecule has 1 aliphatic rings. The van der Waals surface area contributed by atoms with E-state index in [0.29, 0.717) is 17.4 Å². The second kappa shape index (κ2) is 5.89. The predicted molar refractivity (Wildman–Crippen MR) is 73.0 cm³/mol. The minimum absolute atomic E-state index is 0.00600. The van der Waals surface area contributed by atoms with Gasteiger partial charge in [0, 0.05) is 17.3 Å². The molecule has 1 fully saturated rings. The number of carbonyl (C=O) groups excluding carboxylic acids is 1. The summed E-state index contributed by atoms with van der Waals surface area (Å²) in [5.74, 6) is 0.776. The van der Waals surface area contributed by atoms with Crippen LogP contribution in [0.4, 0.5) is 5.69 Å². The Morgan fingerprint density at radius 1 is 1.22 bits per heavy atom. The van der Waals surface area contributed by atoms with Crippen molar-refractivity contribution in [2.45, 2.75) is 51.6 Å². The lowest BCUT2D eigenvalue weighted by Gasteiger charge is -2.17. The average Bonchev–Trinajstić information content (AvgIpc) is 2.57. The number of ketones is 1. The number of Topliss-reactive ketones (excluding diaryl/α,β-unsaturated/α-hetero) is 1. The van der Waals surface area contributed by atoms with Crippen LogP contribution in [0.3, 0.4) is 0 Å². The van der Waals surface area contributed by atoms with Gasteiger partial charge in [0.05, 0.1) is 6.10 Å². The molecule has 2 N–H and O–H groups in total. The first-order valence-electron chi connectivity index (χ1n) is 6.74. The van der Waals surface area contributed by atoms with Crippen LogP contribution in [-0.4, -0.2) is 11.9 Å². The monoisotopic (exact) mass is 247 g/mol. The molecule has 3 nitrogen and oxygen atoms in total. The van der Waals surface area contributed by atoms with Crippen molar-refractivity contribution < 1.29 is 9.53 Å². The van der Waals surface area contributed by atoms with Crippen LogP contribution in [0.2, 0.25) is 0 Å². The van der Waals surface area contributed by atoms with Crippen molar-refractivity contribution in [3.8, 4) is 5.75 Å². The number of nitrogen functional groups attached to an aromatic ring is 1. The molecular weight excluding hydrogens is 226 g/mol. The van der Waals surface area contributed by atoms with E-state index >= 15 is 0 Å². The predicted octanol–water partition coefficient (Wildman–Crippen LogP) is 3.57. The molecule has 0 unspecified atom stereocenters. The number of nitrogens with two attached hydrogens (primary N) is 1. The van der Waals surface area contributed by atoms with Gasteiger partial charge < -0.3 is 10.5 Å². The van der Waals surface area contributed by atoms with E-state index in [2.05, 4.69) is 0 Å². The molecule has 0 heterocycles. The Morgan fingerprint density at radius 3 is 2.44 bits per heavy atom. The van der Waals surface area contributed by atoms with Gasteiger partial charge in [-0.2, -0.15) is 0 Å². The van der Waals surface area contributed by atoms with E-state index in [1.165, 1.54) is 32.6 Å². The third-order valence-electron chi connectivity index (χ3n) is 3.51. The first kappa shape index (κ1) is 12.9. The van der Waals surface area contributed by atoms with Crippen LogP contribution < -0.4 is 10.5 Å². The van der Waals surface area contributed by atoms with E-state index in [-0.39, 0.29) is 5.78 Å². The van der Waals surface area contributed by atoms with Gasteiger partial charge in [-0.15, -0.1) is 0 Å². The van der Waals surface area contributed by atoms with Crippen molar-refractivity contribution in [3.63, 3.8) is 0 Å². The summed E-state index contributed by atoms with van der Waals surface area (Å²) < 4.78 is 5.96. The van der Waals surface area contributed by atoms with Crippen LogP contribution in [0.5, 0.6) is 5.75 Å². The van der Waals surface area contributed by atoms with Gasteiger partial charge in [-0.25, -0.2) is 0 Å². The molecule has 98 valence electrons. The summed E-state index contributed by atoms with van der Waals surface area (Å²) in [7, 11) is 0. The Balaban J connectivity index is 2.05. The number of carbonyl (C=O) groups is 1. The lowest BCUT2D eigenvalue weighted by atomic mass is 10.1. The van der Waals surface area contributed by atoms with Gasteiger partial charge in [-0.3, -0.25) is 4.79 Å². The van der Waals surface area contributed by atoms with Crippen molar-refractivity contribution >= 4 is 11.5 Å². The lowest BCUT2D eigenvalue weighted by Crippen LogP contribution is -2.15. The van der Waals surface area contributed by atoms with Crippen LogP contribution in [-0.2, 0) is 0 Å². The van der Waals surface area contributed by atoms with Crippen LogP contribution in [0, 0.1) is 0 Å². The van der Waals surface area contributed by atoms with Gasteiger partial charge >= 0.3 is 0 Å². The fourth-order valence-electron chi connectivity index (χ4n) is 2.49. The van der Waals surface area contributed by atoms with Gasteiger partial charge in [0.15, 0.2) is 5.78 Å². The highest BCUT2D eigenvalue weighted by Crippen LogP contribution is 2.25. The Hall–Kier alpha value is -1.51.